The zero-order valence-corrected chi connectivity index (χ0v) is 12.2. The highest BCUT2D eigenvalue weighted by Gasteiger charge is 2.13. The monoisotopic (exact) mass is 279 g/mol. The highest BCUT2D eigenvalue weighted by molar-refractivity contribution is 7.99. The molecule has 0 bridgehead atoms. The summed E-state index contributed by atoms with van der Waals surface area (Å²) in [6, 6.07) is 1.88. The van der Waals surface area contributed by atoms with E-state index in [4.69, 9.17) is 15.2 Å². The van der Waals surface area contributed by atoms with Gasteiger partial charge in [-0.2, -0.15) is 0 Å². The first-order valence-corrected chi connectivity index (χ1v) is 6.59. The van der Waals surface area contributed by atoms with Crippen molar-refractivity contribution < 1.29 is 9.47 Å². The zero-order valence-electron chi connectivity index (χ0n) is 11.4. The normalized spacial score (nSPS) is 10.5. The van der Waals surface area contributed by atoms with Crippen LogP contribution in [0.25, 0.3) is 0 Å². The van der Waals surface area contributed by atoms with Crippen molar-refractivity contribution in [3.8, 4) is 11.8 Å². The third-order valence-electron chi connectivity index (χ3n) is 2.82. The minimum absolute atomic E-state index is 0.463. The predicted octanol–water partition coefficient (Wildman–Crippen LogP) is 2.78. The molecule has 19 heavy (non-hydrogen) atoms. The Morgan fingerprint density at radius 2 is 1.95 bits per heavy atom. The molecule has 0 spiro atoms. The SMILES string of the molecule is COc1nc(C)c(Sc2c[nH]c(OC)c2C)cc1N. The molecular formula is C13H17N3O2S. The molecule has 0 saturated heterocycles. The molecule has 0 saturated carbocycles. The van der Waals surface area contributed by atoms with Crippen molar-refractivity contribution in [2.75, 3.05) is 20.0 Å². The van der Waals surface area contributed by atoms with Gasteiger partial charge in [0.2, 0.25) is 5.88 Å². The summed E-state index contributed by atoms with van der Waals surface area (Å²) in [7, 11) is 3.21. The van der Waals surface area contributed by atoms with Crippen molar-refractivity contribution in [1.29, 1.82) is 0 Å². The summed E-state index contributed by atoms with van der Waals surface area (Å²) in [4.78, 5) is 9.51. The van der Waals surface area contributed by atoms with Crippen molar-refractivity contribution in [1.82, 2.24) is 9.97 Å². The molecule has 5 nitrogen and oxygen atoms in total. The number of hydrogen-bond donors (Lipinski definition) is 2. The summed E-state index contributed by atoms with van der Waals surface area (Å²) in [6.07, 6.45) is 1.92. The Morgan fingerprint density at radius 3 is 2.53 bits per heavy atom. The van der Waals surface area contributed by atoms with E-state index in [1.807, 2.05) is 26.1 Å². The summed E-state index contributed by atoms with van der Waals surface area (Å²) in [6.45, 7) is 3.94. The molecule has 0 radical (unpaired) electrons. The predicted molar refractivity (Wildman–Crippen MR) is 76.1 cm³/mol. The van der Waals surface area contributed by atoms with Crippen molar-refractivity contribution >= 4 is 17.4 Å². The van der Waals surface area contributed by atoms with Gasteiger partial charge in [-0.1, -0.05) is 11.8 Å². The number of nitrogens with one attached hydrogen (secondary N) is 1. The van der Waals surface area contributed by atoms with Gasteiger partial charge < -0.3 is 20.2 Å². The van der Waals surface area contributed by atoms with E-state index < -0.39 is 0 Å². The van der Waals surface area contributed by atoms with Gasteiger partial charge in [-0.05, 0) is 19.9 Å². The standard InChI is InChI=1S/C13H17N3O2S/c1-7-11(6-15-12(7)17-3)19-10-5-9(14)13(18-4)16-8(10)2/h5-6,15H,14H2,1-4H3. The van der Waals surface area contributed by atoms with Crippen LogP contribution in [0.4, 0.5) is 5.69 Å². The summed E-state index contributed by atoms with van der Waals surface area (Å²) >= 11 is 1.60. The Kier molecular flexibility index (Phi) is 3.90. The topological polar surface area (TPSA) is 73.2 Å². The molecule has 0 atom stereocenters. The number of nitrogens with zero attached hydrogens (tertiary/aromatic N) is 1. The van der Waals surface area contributed by atoms with Gasteiger partial charge in [0, 0.05) is 21.6 Å². The van der Waals surface area contributed by atoms with Crippen LogP contribution in [0, 0.1) is 13.8 Å². The first-order chi connectivity index (χ1) is 9.06. The average Bonchev–Trinajstić information content (AvgIpc) is 2.74. The van der Waals surface area contributed by atoms with Gasteiger partial charge in [0.1, 0.15) is 0 Å². The number of pyridine rings is 1. The molecule has 2 aromatic heterocycles. The van der Waals surface area contributed by atoms with E-state index in [0.717, 1.165) is 26.9 Å². The molecule has 2 heterocycles. The molecule has 102 valence electrons. The van der Waals surface area contributed by atoms with Crippen LogP contribution >= 0.6 is 11.8 Å². The van der Waals surface area contributed by atoms with E-state index >= 15 is 0 Å². The number of aromatic amines is 1. The molecule has 0 aliphatic carbocycles. The lowest BCUT2D eigenvalue weighted by Gasteiger charge is -2.09. The molecule has 2 aromatic rings. The largest absolute Gasteiger partial charge is 0.482 e. The fourth-order valence-electron chi connectivity index (χ4n) is 1.74. The molecule has 0 unspecified atom stereocenters. The van der Waals surface area contributed by atoms with Gasteiger partial charge in [0.15, 0.2) is 5.88 Å². The van der Waals surface area contributed by atoms with Gasteiger partial charge >= 0.3 is 0 Å². The van der Waals surface area contributed by atoms with Crippen LogP contribution in [0.2, 0.25) is 0 Å². The van der Waals surface area contributed by atoms with E-state index in [2.05, 4.69) is 9.97 Å². The van der Waals surface area contributed by atoms with Gasteiger partial charge in [-0.15, -0.1) is 0 Å². The molecule has 0 fully saturated rings. The summed E-state index contributed by atoms with van der Waals surface area (Å²) in [5.74, 6) is 1.24. The number of hydrogen-bond acceptors (Lipinski definition) is 5. The van der Waals surface area contributed by atoms with E-state index in [0.29, 0.717) is 11.6 Å². The van der Waals surface area contributed by atoms with Crippen LogP contribution in [0.5, 0.6) is 11.8 Å². The first kappa shape index (κ1) is 13.6. The number of rotatable bonds is 4. The van der Waals surface area contributed by atoms with Crippen molar-refractivity contribution in [3.63, 3.8) is 0 Å². The molecule has 2 rings (SSSR count). The lowest BCUT2D eigenvalue weighted by molar-refractivity contribution is 0.397. The number of methoxy groups -OCH3 is 2. The third kappa shape index (κ3) is 2.63. The molecule has 0 aliphatic heterocycles. The maximum atomic E-state index is 5.89. The number of H-pyrrole nitrogens is 1. The Hall–Kier alpha value is -1.82. The fraction of sp³-hybridized carbons (Fsp3) is 0.308. The maximum absolute atomic E-state index is 5.89. The van der Waals surface area contributed by atoms with Crippen LogP contribution in [-0.2, 0) is 0 Å². The number of aromatic nitrogens is 2. The number of nitrogen functional groups attached to an aromatic ring is 1. The van der Waals surface area contributed by atoms with Crippen molar-refractivity contribution in [2.24, 2.45) is 0 Å². The molecule has 6 heteroatoms. The van der Waals surface area contributed by atoms with E-state index in [1.54, 1.807) is 26.0 Å². The highest BCUT2D eigenvalue weighted by Crippen LogP contribution is 2.37. The summed E-state index contributed by atoms with van der Waals surface area (Å²) in [5.41, 5.74) is 8.38. The van der Waals surface area contributed by atoms with Crippen molar-refractivity contribution in [3.05, 3.63) is 23.5 Å². The Morgan fingerprint density at radius 1 is 1.21 bits per heavy atom. The minimum atomic E-state index is 0.463. The first-order valence-electron chi connectivity index (χ1n) is 5.77. The highest BCUT2D eigenvalue weighted by atomic mass is 32.2. The molecule has 3 N–H and O–H groups in total. The second kappa shape index (κ2) is 5.44. The van der Waals surface area contributed by atoms with Gasteiger partial charge in [-0.3, -0.25) is 0 Å². The van der Waals surface area contributed by atoms with E-state index in [1.165, 1.54) is 0 Å². The minimum Gasteiger partial charge on any atom is -0.482 e. The van der Waals surface area contributed by atoms with Crippen molar-refractivity contribution in [2.45, 2.75) is 23.6 Å². The average molecular weight is 279 g/mol. The second-order valence-corrected chi connectivity index (χ2v) is 5.17. The molecule has 0 aliphatic rings. The van der Waals surface area contributed by atoms with Crippen LogP contribution < -0.4 is 15.2 Å². The number of ether oxygens (including phenoxy) is 2. The summed E-state index contributed by atoms with van der Waals surface area (Å²) < 4.78 is 10.3. The Bertz CT molecular complexity index is 596. The quantitative estimate of drug-likeness (QED) is 0.900. The van der Waals surface area contributed by atoms with Gasteiger partial charge in [0.25, 0.3) is 0 Å². The maximum Gasteiger partial charge on any atom is 0.237 e. The Balaban J connectivity index is 2.33. The van der Waals surface area contributed by atoms with Gasteiger partial charge in [0.05, 0.1) is 25.6 Å². The van der Waals surface area contributed by atoms with E-state index in [-0.39, 0.29) is 0 Å². The number of anilines is 1. The van der Waals surface area contributed by atoms with Crippen LogP contribution in [-0.4, -0.2) is 24.2 Å². The van der Waals surface area contributed by atoms with E-state index in [9.17, 15) is 0 Å². The smallest absolute Gasteiger partial charge is 0.237 e. The van der Waals surface area contributed by atoms with Gasteiger partial charge in [-0.25, -0.2) is 4.98 Å². The Labute approximate surface area is 116 Å². The third-order valence-corrected chi connectivity index (χ3v) is 4.10. The second-order valence-electron chi connectivity index (χ2n) is 4.08. The fourth-order valence-corrected chi connectivity index (χ4v) is 2.72. The summed E-state index contributed by atoms with van der Waals surface area (Å²) in [5, 5.41) is 0. The molecular weight excluding hydrogens is 262 g/mol. The number of aryl methyl sites for hydroxylation is 1. The lowest BCUT2D eigenvalue weighted by atomic mass is 10.3. The van der Waals surface area contributed by atoms with Crippen LogP contribution in [0.1, 0.15) is 11.3 Å². The lowest BCUT2D eigenvalue weighted by Crippen LogP contribution is -1.98. The van der Waals surface area contributed by atoms with Crippen LogP contribution in [0.3, 0.4) is 0 Å². The molecule has 0 amide bonds. The zero-order chi connectivity index (χ0) is 14.0. The molecule has 0 aromatic carbocycles. The van der Waals surface area contributed by atoms with Crippen LogP contribution in [0.15, 0.2) is 22.1 Å². The number of nitrogens with two attached hydrogens (primary N) is 1.